The molecule has 1 heterocycles. The zero-order valence-corrected chi connectivity index (χ0v) is 8.82. The predicted molar refractivity (Wildman–Crippen MR) is 54.0 cm³/mol. The molecule has 4 fully saturated rings. The minimum Gasteiger partial charge on any atom is -0.177 e. The second-order valence-corrected chi connectivity index (χ2v) is 5.93. The first-order valence-electron chi connectivity index (χ1n) is 6.08. The van der Waals surface area contributed by atoms with E-state index in [4.69, 9.17) is 0 Å². The Hall–Kier alpha value is -0.930. The van der Waals surface area contributed by atoms with Gasteiger partial charge in [-0.25, -0.2) is 0 Å². The molecule has 4 aliphatic rings. The minimum absolute atomic E-state index is 0.307. The third-order valence-corrected chi connectivity index (χ3v) is 4.86. The monoisotopic (exact) mass is 204 g/mol. The van der Waals surface area contributed by atoms with Crippen molar-refractivity contribution in [2.75, 3.05) is 0 Å². The average molecular weight is 204 g/mol. The molecular weight excluding hydrogens is 188 g/mol. The van der Waals surface area contributed by atoms with Crippen LogP contribution in [0.25, 0.3) is 0 Å². The molecule has 4 saturated carbocycles. The maximum atomic E-state index is 4.26. The predicted octanol–water partition coefficient (Wildman–Crippen LogP) is 1.67. The van der Waals surface area contributed by atoms with Crippen molar-refractivity contribution in [1.82, 2.24) is 20.6 Å². The number of hydrogen-bond acceptors (Lipinski definition) is 3. The molecule has 0 aromatic carbocycles. The van der Waals surface area contributed by atoms with Gasteiger partial charge in [-0.3, -0.25) is 0 Å². The molecule has 5 rings (SSSR count). The molecule has 0 spiro atoms. The highest BCUT2D eigenvalue weighted by atomic mass is 15.5. The van der Waals surface area contributed by atoms with Crippen LogP contribution in [0.1, 0.15) is 44.3 Å². The van der Waals surface area contributed by atoms with Crippen molar-refractivity contribution in [3.05, 3.63) is 5.82 Å². The second kappa shape index (κ2) is 2.60. The number of nitrogens with zero attached hydrogens (tertiary/aromatic N) is 3. The molecule has 0 atom stereocenters. The number of aromatic amines is 1. The van der Waals surface area contributed by atoms with E-state index in [9.17, 15) is 0 Å². The van der Waals surface area contributed by atoms with Gasteiger partial charge in [-0.15, -0.1) is 10.2 Å². The molecule has 80 valence electrons. The normalized spacial score (nSPS) is 47.3. The van der Waals surface area contributed by atoms with E-state index >= 15 is 0 Å². The van der Waals surface area contributed by atoms with E-state index in [1.807, 2.05) is 0 Å². The van der Waals surface area contributed by atoms with Crippen LogP contribution in [0.5, 0.6) is 0 Å². The van der Waals surface area contributed by atoms with E-state index in [0.717, 1.165) is 23.6 Å². The molecule has 1 aromatic heterocycles. The molecule has 4 heteroatoms. The summed E-state index contributed by atoms with van der Waals surface area (Å²) in [5.41, 5.74) is 0.307. The summed E-state index contributed by atoms with van der Waals surface area (Å²) in [5, 5.41) is 14.9. The third-order valence-electron chi connectivity index (χ3n) is 4.86. The van der Waals surface area contributed by atoms with Gasteiger partial charge in [0.15, 0.2) is 5.82 Å². The Bertz CT molecular complexity index is 335. The Morgan fingerprint density at radius 3 is 2.07 bits per heavy atom. The Morgan fingerprint density at radius 1 is 1.00 bits per heavy atom. The highest BCUT2D eigenvalue weighted by Crippen LogP contribution is 2.59. The third kappa shape index (κ3) is 1.05. The minimum atomic E-state index is 0.307. The number of tetrazole rings is 1. The maximum absolute atomic E-state index is 4.26. The van der Waals surface area contributed by atoms with Crippen LogP contribution in [0.4, 0.5) is 0 Å². The molecule has 1 aromatic rings. The van der Waals surface area contributed by atoms with Gasteiger partial charge in [0.1, 0.15) is 0 Å². The lowest BCUT2D eigenvalue weighted by Gasteiger charge is -2.55. The largest absolute Gasteiger partial charge is 0.180 e. The summed E-state index contributed by atoms with van der Waals surface area (Å²) in [6.45, 7) is 0. The number of hydrogen-bond donors (Lipinski definition) is 1. The van der Waals surface area contributed by atoms with E-state index in [1.165, 1.54) is 38.5 Å². The molecule has 0 aliphatic heterocycles. The van der Waals surface area contributed by atoms with Gasteiger partial charge in [-0.1, -0.05) is 5.21 Å². The van der Waals surface area contributed by atoms with Crippen molar-refractivity contribution in [1.29, 1.82) is 0 Å². The number of nitrogens with one attached hydrogen (secondary N) is 1. The van der Waals surface area contributed by atoms with E-state index in [2.05, 4.69) is 20.6 Å². The average Bonchev–Trinajstić information content (AvgIpc) is 2.67. The summed E-state index contributed by atoms with van der Waals surface area (Å²) in [7, 11) is 0. The lowest BCUT2D eigenvalue weighted by Crippen LogP contribution is -2.49. The van der Waals surface area contributed by atoms with E-state index < -0.39 is 0 Å². The molecule has 4 aliphatic carbocycles. The number of rotatable bonds is 1. The van der Waals surface area contributed by atoms with Crippen LogP contribution in [0.15, 0.2) is 0 Å². The van der Waals surface area contributed by atoms with Crippen LogP contribution in [0, 0.1) is 17.8 Å². The van der Waals surface area contributed by atoms with Gasteiger partial charge in [0, 0.05) is 5.41 Å². The summed E-state index contributed by atoms with van der Waals surface area (Å²) < 4.78 is 0. The van der Waals surface area contributed by atoms with Crippen molar-refractivity contribution in [2.24, 2.45) is 17.8 Å². The molecule has 0 amide bonds. The van der Waals surface area contributed by atoms with Crippen molar-refractivity contribution in [3.8, 4) is 0 Å². The molecule has 4 bridgehead atoms. The molecule has 1 N–H and O–H groups in total. The van der Waals surface area contributed by atoms with Gasteiger partial charge in [0.25, 0.3) is 0 Å². The zero-order valence-electron chi connectivity index (χ0n) is 8.82. The first kappa shape index (κ1) is 8.25. The van der Waals surface area contributed by atoms with Crippen LogP contribution >= 0.6 is 0 Å². The highest BCUT2D eigenvalue weighted by molar-refractivity contribution is 5.15. The fourth-order valence-corrected chi connectivity index (χ4v) is 4.77. The Labute approximate surface area is 88.8 Å². The van der Waals surface area contributed by atoms with Crippen LogP contribution in [-0.2, 0) is 5.41 Å². The van der Waals surface area contributed by atoms with E-state index in [-0.39, 0.29) is 0 Å². The first-order chi connectivity index (χ1) is 7.34. The molecule has 0 unspecified atom stereocenters. The lowest BCUT2D eigenvalue weighted by atomic mass is 9.49. The van der Waals surface area contributed by atoms with Crippen molar-refractivity contribution in [3.63, 3.8) is 0 Å². The summed E-state index contributed by atoms with van der Waals surface area (Å²) >= 11 is 0. The fraction of sp³-hybridized carbons (Fsp3) is 0.909. The van der Waals surface area contributed by atoms with Crippen molar-refractivity contribution >= 4 is 0 Å². The van der Waals surface area contributed by atoms with Crippen LogP contribution in [0.3, 0.4) is 0 Å². The van der Waals surface area contributed by atoms with Gasteiger partial charge >= 0.3 is 0 Å². The standard InChI is InChI=1S/C11H16N4/c1-7-2-9-3-8(1)5-11(4-7,6-9)10-12-14-15-13-10/h7-9H,1-6H2,(H,12,13,14,15). The summed E-state index contributed by atoms with van der Waals surface area (Å²) in [5.74, 6) is 3.86. The number of H-pyrrole nitrogens is 1. The Balaban J connectivity index is 1.77. The first-order valence-corrected chi connectivity index (χ1v) is 6.08. The molecule has 0 saturated heterocycles. The van der Waals surface area contributed by atoms with Gasteiger partial charge < -0.3 is 0 Å². The van der Waals surface area contributed by atoms with Gasteiger partial charge in [0.2, 0.25) is 0 Å². The van der Waals surface area contributed by atoms with Crippen LogP contribution in [0.2, 0.25) is 0 Å². The maximum Gasteiger partial charge on any atom is 0.180 e. The van der Waals surface area contributed by atoms with Gasteiger partial charge in [-0.05, 0) is 56.3 Å². The number of aromatic nitrogens is 4. The SMILES string of the molecule is C1C2CC3CC1CC(c1nn[nH]n1)(C2)C3. The Kier molecular flexibility index (Phi) is 1.43. The fourth-order valence-electron chi connectivity index (χ4n) is 4.77. The molecule has 0 radical (unpaired) electrons. The summed E-state index contributed by atoms with van der Waals surface area (Å²) in [6.07, 6.45) is 8.36. The Morgan fingerprint density at radius 2 is 1.60 bits per heavy atom. The smallest absolute Gasteiger partial charge is 0.177 e. The summed E-state index contributed by atoms with van der Waals surface area (Å²) in [6, 6.07) is 0. The van der Waals surface area contributed by atoms with Crippen molar-refractivity contribution in [2.45, 2.75) is 43.9 Å². The topological polar surface area (TPSA) is 54.5 Å². The van der Waals surface area contributed by atoms with Crippen LogP contribution < -0.4 is 0 Å². The van der Waals surface area contributed by atoms with Gasteiger partial charge in [-0.2, -0.15) is 5.21 Å². The van der Waals surface area contributed by atoms with Crippen LogP contribution in [-0.4, -0.2) is 20.6 Å². The second-order valence-electron chi connectivity index (χ2n) is 5.93. The highest BCUT2D eigenvalue weighted by Gasteiger charge is 2.53. The molecule has 4 nitrogen and oxygen atoms in total. The molecular formula is C11H16N4. The molecule has 15 heavy (non-hydrogen) atoms. The zero-order chi connectivity index (χ0) is 9.88. The van der Waals surface area contributed by atoms with Gasteiger partial charge in [0.05, 0.1) is 0 Å². The lowest BCUT2D eigenvalue weighted by molar-refractivity contribution is -0.00937. The quantitative estimate of drug-likeness (QED) is 0.757. The van der Waals surface area contributed by atoms with E-state index in [0.29, 0.717) is 5.41 Å². The van der Waals surface area contributed by atoms with Crippen molar-refractivity contribution < 1.29 is 0 Å². The van der Waals surface area contributed by atoms with E-state index in [1.54, 1.807) is 0 Å². The summed E-state index contributed by atoms with van der Waals surface area (Å²) in [4.78, 5) is 0.